The lowest BCUT2D eigenvalue weighted by atomic mass is 9.97. The molecule has 92 valence electrons. The summed E-state index contributed by atoms with van der Waals surface area (Å²) >= 11 is 0. The molecule has 4 heteroatoms. The summed E-state index contributed by atoms with van der Waals surface area (Å²) in [4.78, 5) is 16.0. The lowest BCUT2D eigenvalue weighted by molar-refractivity contribution is -0.130. The summed E-state index contributed by atoms with van der Waals surface area (Å²) in [7, 11) is 1.91. The van der Waals surface area contributed by atoms with E-state index in [1.807, 2.05) is 11.9 Å². The van der Waals surface area contributed by atoms with Crippen molar-refractivity contribution >= 4 is 5.91 Å². The number of carbonyl (C=O) groups is 1. The van der Waals surface area contributed by atoms with Gasteiger partial charge in [0.15, 0.2) is 0 Å². The molecule has 0 radical (unpaired) electrons. The average Bonchev–Trinajstić information content (AvgIpc) is 2.43. The molecular weight excluding hydrogens is 202 g/mol. The molecular formula is C12H23N3O. The third-order valence-corrected chi connectivity index (χ3v) is 3.73. The van der Waals surface area contributed by atoms with Crippen molar-refractivity contribution in [1.29, 1.82) is 0 Å². The first-order valence-corrected chi connectivity index (χ1v) is 6.43. The number of carbonyl (C=O) groups excluding carboxylic acids is 1. The maximum Gasteiger partial charge on any atom is 0.236 e. The fraction of sp³-hybridized carbons (Fsp3) is 0.917. The minimum atomic E-state index is 0.284. The molecule has 4 nitrogen and oxygen atoms in total. The standard InChI is InChI=1S/C12H23N3O/c1-14-7-2-8-15(10-12(14)16)9-11-3-5-13-6-4-11/h11,13H,2-10H2,1H3. The Morgan fingerprint density at radius 3 is 2.81 bits per heavy atom. The molecule has 2 fully saturated rings. The summed E-state index contributed by atoms with van der Waals surface area (Å²) in [6, 6.07) is 0. The Balaban J connectivity index is 1.81. The monoisotopic (exact) mass is 225 g/mol. The summed E-state index contributed by atoms with van der Waals surface area (Å²) in [6.45, 7) is 6.03. The molecule has 16 heavy (non-hydrogen) atoms. The Kier molecular flexibility index (Phi) is 4.18. The van der Waals surface area contributed by atoms with E-state index in [9.17, 15) is 4.79 Å². The maximum atomic E-state index is 11.7. The molecule has 2 rings (SSSR count). The van der Waals surface area contributed by atoms with Crippen LogP contribution < -0.4 is 5.32 Å². The van der Waals surface area contributed by atoms with Gasteiger partial charge in [0.05, 0.1) is 6.54 Å². The van der Waals surface area contributed by atoms with Crippen LogP contribution in [0.5, 0.6) is 0 Å². The first-order chi connectivity index (χ1) is 7.75. The van der Waals surface area contributed by atoms with Crippen molar-refractivity contribution in [2.24, 2.45) is 5.92 Å². The van der Waals surface area contributed by atoms with Gasteiger partial charge in [0, 0.05) is 26.7 Å². The second-order valence-corrected chi connectivity index (χ2v) is 5.10. The number of hydrogen-bond donors (Lipinski definition) is 1. The molecule has 0 unspecified atom stereocenters. The highest BCUT2D eigenvalue weighted by Crippen LogP contribution is 2.14. The Labute approximate surface area is 98.0 Å². The Bertz CT molecular complexity index is 238. The van der Waals surface area contributed by atoms with Crippen LogP contribution in [0.4, 0.5) is 0 Å². The molecule has 2 heterocycles. The second kappa shape index (κ2) is 5.64. The van der Waals surface area contributed by atoms with Crippen molar-refractivity contribution in [3.63, 3.8) is 0 Å². The number of nitrogens with one attached hydrogen (secondary N) is 1. The molecule has 0 spiro atoms. The maximum absolute atomic E-state index is 11.7. The number of likely N-dealkylation sites (N-methyl/N-ethyl adjacent to an activating group) is 1. The predicted octanol–water partition coefficient (Wildman–Crippen LogP) is 0.150. The molecule has 0 bridgehead atoms. The van der Waals surface area contributed by atoms with E-state index in [1.54, 1.807) is 0 Å². The van der Waals surface area contributed by atoms with E-state index in [0.29, 0.717) is 6.54 Å². The predicted molar refractivity (Wildman–Crippen MR) is 64.3 cm³/mol. The van der Waals surface area contributed by atoms with Gasteiger partial charge in [-0.25, -0.2) is 0 Å². The molecule has 0 aromatic heterocycles. The summed E-state index contributed by atoms with van der Waals surface area (Å²) in [6.07, 6.45) is 3.65. The number of piperidine rings is 1. The van der Waals surface area contributed by atoms with Crippen molar-refractivity contribution in [3.05, 3.63) is 0 Å². The van der Waals surface area contributed by atoms with Gasteiger partial charge < -0.3 is 10.2 Å². The number of hydrogen-bond acceptors (Lipinski definition) is 3. The average molecular weight is 225 g/mol. The summed E-state index contributed by atoms with van der Waals surface area (Å²) in [5.41, 5.74) is 0. The summed E-state index contributed by atoms with van der Waals surface area (Å²) in [5, 5.41) is 3.39. The molecule has 2 aliphatic heterocycles. The third-order valence-electron chi connectivity index (χ3n) is 3.73. The SMILES string of the molecule is CN1CCCN(CC2CCNCC2)CC1=O. The first kappa shape index (κ1) is 11.9. The van der Waals surface area contributed by atoms with Gasteiger partial charge in [0.2, 0.25) is 5.91 Å². The van der Waals surface area contributed by atoms with E-state index in [2.05, 4.69) is 10.2 Å². The lowest BCUT2D eigenvalue weighted by Crippen LogP contribution is -2.39. The van der Waals surface area contributed by atoms with Crippen molar-refractivity contribution in [1.82, 2.24) is 15.1 Å². The van der Waals surface area contributed by atoms with Crippen LogP contribution in [0, 0.1) is 5.92 Å². The van der Waals surface area contributed by atoms with Crippen LogP contribution in [0.2, 0.25) is 0 Å². The normalized spacial score (nSPS) is 25.8. The largest absolute Gasteiger partial charge is 0.345 e. The van der Waals surface area contributed by atoms with E-state index < -0.39 is 0 Å². The fourth-order valence-corrected chi connectivity index (χ4v) is 2.63. The zero-order valence-corrected chi connectivity index (χ0v) is 10.2. The van der Waals surface area contributed by atoms with Crippen LogP contribution in [-0.4, -0.2) is 62.0 Å². The van der Waals surface area contributed by atoms with Crippen molar-refractivity contribution in [2.75, 3.05) is 46.3 Å². The van der Waals surface area contributed by atoms with Crippen LogP contribution >= 0.6 is 0 Å². The number of rotatable bonds is 2. The molecule has 2 saturated heterocycles. The van der Waals surface area contributed by atoms with E-state index in [0.717, 1.165) is 45.1 Å². The van der Waals surface area contributed by atoms with Gasteiger partial charge in [-0.2, -0.15) is 0 Å². The number of amides is 1. The molecule has 0 aromatic rings. The highest BCUT2D eigenvalue weighted by molar-refractivity contribution is 5.78. The molecule has 0 aromatic carbocycles. The zero-order chi connectivity index (χ0) is 11.4. The van der Waals surface area contributed by atoms with Crippen molar-refractivity contribution < 1.29 is 4.79 Å². The Morgan fingerprint density at radius 2 is 2.06 bits per heavy atom. The minimum Gasteiger partial charge on any atom is -0.345 e. The second-order valence-electron chi connectivity index (χ2n) is 5.10. The van der Waals surface area contributed by atoms with E-state index in [4.69, 9.17) is 0 Å². The van der Waals surface area contributed by atoms with Gasteiger partial charge >= 0.3 is 0 Å². The molecule has 0 atom stereocenters. The summed E-state index contributed by atoms with van der Waals surface area (Å²) in [5.74, 6) is 1.07. The highest BCUT2D eigenvalue weighted by atomic mass is 16.2. The molecule has 1 amide bonds. The summed E-state index contributed by atoms with van der Waals surface area (Å²) < 4.78 is 0. The van der Waals surface area contributed by atoms with Crippen LogP contribution in [0.25, 0.3) is 0 Å². The van der Waals surface area contributed by atoms with E-state index >= 15 is 0 Å². The molecule has 0 saturated carbocycles. The van der Waals surface area contributed by atoms with Gasteiger partial charge in [-0.05, 0) is 38.3 Å². The van der Waals surface area contributed by atoms with E-state index in [1.165, 1.54) is 12.8 Å². The van der Waals surface area contributed by atoms with Crippen LogP contribution in [0.1, 0.15) is 19.3 Å². The molecule has 1 N–H and O–H groups in total. The Morgan fingerprint density at radius 1 is 1.31 bits per heavy atom. The van der Waals surface area contributed by atoms with Crippen LogP contribution in [-0.2, 0) is 4.79 Å². The number of nitrogens with zero attached hydrogens (tertiary/aromatic N) is 2. The van der Waals surface area contributed by atoms with Gasteiger partial charge in [-0.3, -0.25) is 9.69 Å². The van der Waals surface area contributed by atoms with Crippen LogP contribution in [0.3, 0.4) is 0 Å². The van der Waals surface area contributed by atoms with Crippen molar-refractivity contribution in [2.45, 2.75) is 19.3 Å². The fourth-order valence-electron chi connectivity index (χ4n) is 2.63. The van der Waals surface area contributed by atoms with Gasteiger partial charge in [0.25, 0.3) is 0 Å². The quantitative estimate of drug-likeness (QED) is 0.726. The lowest BCUT2D eigenvalue weighted by Gasteiger charge is -2.28. The van der Waals surface area contributed by atoms with Gasteiger partial charge in [-0.1, -0.05) is 0 Å². The smallest absolute Gasteiger partial charge is 0.236 e. The molecule has 0 aliphatic carbocycles. The first-order valence-electron chi connectivity index (χ1n) is 6.43. The zero-order valence-electron chi connectivity index (χ0n) is 10.2. The molecule has 2 aliphatic rings. The van der Waals surface area contributed by atoms with E-state index in [-0.39, 0.29) is 5.91 Å². The van der Waals surface area contributed by atoms with Crippen LogP contribution in [0.15, 0.2) is 0 Å². The highest BCUT2D eigenvalue weighted by Gasteiger charge is 2.22. The minimum absolute atomic E-state index is 0.284. The van der Waals surface area contributed by atoms with Gasteiger partial charge in [-0.15, -0.1) is 0 Å². The third kappa shape index (κ3) is 3.19. The Hall–Kier alpha value is -0.610. The van der Waals surface area contributed by atoms with Gasteiger partial charge in [0.1, 0.15) is 0 Å². The van der Waals surface area contributed by atoms with Crippen molar-refractivity contribution in [3.8, 4) is 0 Å². The topological polar surface area (TPSA) is 35.6 Å².